The van der Waals surface area contributed by atoms with Gasteiger partial charge >= 0.3 is 0 Å². The number of rotatable bonds is 1. The highest BCUT2D eigenvalue weighted by molar-refractivity contribution is 14.1. The molecule has 5 heteroatoms. The van der Waals surface area contributed by atoms with Gasteiger partial charge in [0.1, 0.15) is 5.69 Å². The van der Waals surface area contributed by atoms with Crippen LogP contribution in [0.5, 0.6) is 0 Å². The number of aromatic nitrogens is 3. The van der Waals surface area contributed by atoms with E-state index in [0.29, 0.717) is 15.1 Å². The second-order valence-electron chi connectivity index (χ2n) is 2.41. The summed E-state index contributed by atoms with van der Waals surface area (Å²) in [5.74, 6) is 0.116. The van der Waals surface area contributed by atoms with E-state index in [1.807, 2.05) is 22.6 Å². The van der Waals surface area contributed by atoms with Crippen molar-refractivity contribution in [3.8, 4) is 11.5 Å². The minimum absolute atomic E-state index is 0.463. The molecular weight excluding hydrogens is 284 g/mol. The van der Waals surface area contributed by atoms with Crippen LogP contribution in [0, 0.1) is 9.52 Å². The summed E-state index contributed by atoms with van der Waals surface area (Å²) in [4.78, 5) is 10.6. The van der Waals surface area contributed by atoms with Gasteiger partial charge in [-0.15, -0.1) is 0 Å². The van der Waals surface area contributed by atoms with Gasteiger partial charge in [-0.1, -0.05) is 0 Å². The van der Waals surface area contributed by atoms with E-state index in [2.05, 4.69) is 15.0 Å². The average Bonchev–Trinajstić information content (AvgIpc) is 2.62. The Morgan fingerprint density at radius 2 is 2.23 bits per heavy atom. The van der Waals surface area contributed by atoms with E-state index in [4.69, 9.17) is 0 Å². The largest absolute Gasteiger partial charge is 0.343 e. The summed E-state index contributed by atoms with van der Waals surface area (Å²) in [6.07, 6.45) is 3.28. The van der Waals surface area contributed by atoms with E-state index in [1.165, 1.54) is 0 Å². The number of aromatic amines is 1. The maximum atomic E-state index is 13.0. The molecule has 0 aliphatic rings. The molecule has 2 rings (SSSR count). The van der Waals surface area contributed by atoms with Crippen LogP contribution in [0.25, 0.3) is 11.5 Å². The minimum atomic E-state index is -0.463. The second kappa shape index (κ2) is 3.41. The van der Waals surface area contributed by atoms with Crippen molar-refractivity contribution < 1.29 is 4.39 Å². The van der Waals surface area contributed by atoms with E-state index in [-0.39, 0.29) is 0 Å². The third-order valence-electron chi connectivity index (χ3n) is 1.54. The van der Waals surface area contributed by atoms with Gasteiger partial charge in [0.05, 0.1) is 3.57 Å². The molecule has 0 aliphatic carbocycles. The topological polar surface area (TPSA) is 41.6 Å². The highest BCUT2D eigenvalue weighted by Crippen LogP contribution is 2.15. The van der Waals surface area contributed by atoms with Crippen LogP contribution in [0.3, 0.4) is 0 Å². The van der Waals surface area contributed by atoms with Gasteiger partial charge in [-0.05, 0) is 34.7 Å². The molecule has 2 aromatic rings. The van der Waals surface area contributed by atoms with E-state index >= 15 is 0 Å². The molecule has 13 heavy (non-hydrogen) atoms. The fraction of sp³-hybridized carbons (Fsp3) is 0. The van der Waals surface area contributed by atoms with Gasteiger partial charge < -0.3 is 4.98 Å². The number of H-pyrrole nitrogens is 1. The van der Waals surface area contributed by atoms with Crippen LogP contribution in [0.4, 0.5) is 4.39 Å². The third-order valence-corrected chi connectivity index (χ3v) is 2.35. The van der Waals surface area contributed by atoms with Crippen molar-refractivity contribution in [1.82, 2.24) is 15.0 Å². The van der Waals surface area contributed by atoms with Crippen LogP contribution in [0.2, 0.25) is 0 Å². The normalized spacial score (nSPS) is 10.3. The molecule has 0 spiro atoms. The molecule has 3 nitrogen and oxygen atoms in total. The summed E-state index contributed by atoms with van der Waals surface area (Å²) < 4.78 is 13.5. The summed E-state index contributed by atoms with van der Waals surface area (Å²) in [7, 11) is 0. The van der Waals surface area contributed by atoms with Crippen LogP contribution in [0.1, 0.15) is 0 Å². The first-order valence-electron chi connectivity index (χ1n) is 3.59. The van der Waals surface area contributed by atoms with Gasteiger partial charge in [0.2, 0.25) is 5.95 Å². The van der Waals surface area contributed by atoms with Crippen molar-refractivity contribution >= 4 is 22.6 Å². The Bertz CT molecular complexity index is 413. The number of hydrogen-bond donors (Lipinski definition) is 1. The number of imidazole rings is 1. The van der Waals surface area contributed by atoms with E-state index < -0.39 is 5.95 Å². The molecule has 0 saturated heterocycles. The van der Waals surface area contributed by atoms with E-state index in [9.17, 15) is 4.39 Å². The summed E-state index contributed by atoms with van der Waals surface area (Å²) in [6, 6.07) is 3.39. The molecule has 0 aliphatic heterocycles. The maximum Gasteiger partial charge on any atom is 0.226 e. The van der Waals surface area contributed by atoms with Crippen molar-refractivity contribution in [2.45, 2.75) is 0 Å². The Kier molecular flexibility index (Phi) is 2.26. The number of pyridine rings is 1. The molecular formula is C8H5FIN3. The van der Waals surface area contributed by atoms with Crippen molar-refractivity contribution in [2.24, 2.45) is 0 Å². The molecule has 0 amide bonds. The Morgan fingerprint density at radius 3 is 2.85 bits per heavy atom. The van der Waals surface area contributed by atoms with Gasteiger partial charge in [-0.25, -0.2) is 9.97 Å². The SMILES string of the molecule is Fc1nc(-c2ncc[nH]2)ccc1I. The van der Waals surface area contributed by atoms with Crippen molar-refractivity contribution in [3.05, 3.63) is 34.0 Å². The maximum absolute atomic E-state index is 13.0. The Balaban J connectivity index is 2.49. The van der Waals surface area contributed by atoms with Crippen molar-refractivity contribution in [3.63, 3.8) is 0 Å². The third kappa shape index (κ3) is 1.69. The molecule has 0 bridgehead atoms. The van der Waals surface area contributed by atoms with E-state index in [0.717, 1.165) is 0 Å². The number of hydrogen-bond acceptors (Lipinski definition) is 2. The predicted molar refractivity (Wildman–Crippen MR) is 54.5 cm³/mol. The van der Waals surface area contributed by atoms with Gasteiger partial charge in [0, 0.05) is 12.4 Å². The predicted octanol–water partition coefficient (Wildman–Crippen LogP) is 2.22. The first-order valence-corrected chi connectivity index (χ1v) is 4.67. The highest BCUT2D eigenvalue weighted by Gasteiger charge is 2.05. The quantitative estimate of drug-likeness (QED) is 0.646. The lowest BCUT2D eigenvalue weighted by Gasteiger charge is -1.97. The average molecular weight is 289 g/mol. The van der Waals surface area contributed by atoms with Gasteiger partial charge in [0.25, 0.3) is 0 Å². The second-order valence-corrected chi connectivity index (χ2v) is 3.57. The molecule has 0 aromatic carbocycles. The lowest BCUT2D eigenvalue weighted by atomic mass is 10.3. The van der Waals surface area contributed by atoms with Crippen LogP contribution >= 0.6 is 22.6 Å². The number of nitrogens with zero attached hydrogens (tertiary/aromatic N) is 2. The summed E-state index contributed by atoms with van der Waals surface area (Å²) in [6.45, 7) is 0. The van der Waals surface area contributed by atoms with Gasteiger partial charge in [-0.2, -0.15) is 4.39 Å². The minimum Gasteiger partial charge on any atom is -0.343 e. The van der Waals surface area contributed by atoms with Crippen LogP contribution in [-0.2, 0) is 0 Å². The Labute approximate surface area is 87.6 Å². The summed E-state index contributed by atoms with van der Waals surface area (Å²) in [5, 5.41) is 0. The Hall–Kier alpha value is -0.980. The molecule has 0 unspecified atom stereocenters. The molecule has 0 fully saturated rings. The zero-order valence-corrected chi connectivity index (χ0v) is 8.62. The number of nitrogens with one attached hydrogen (secondary N) is 1. The molecule has 0 atom stereocenters. The fourth-order valence-electron chi connectivity index (χ4n) is 0.955. The monoisotopic (exact) mass is 289 g/mol. The molecule has 0 radical (unpaired) electrons. The molecule has 2 aromatic heterocycles. The van der Waals surface area contributed by atoms with Crippen LogP contribution in [-0.4, -0.2) is 15.0 Å². The van der Waals surface area contributed by atoms with Gasteiger partial charge in [-0.3, -0.25) is 0 Å². The van der Waals surface area contributed by atoms with E-state index in [1.54, 1.807) is 24.5 Å². The highest BCUT2D eigenvalue weighted by atomic mass is 127. The molecule has 1 N–H and O–H groups in total. The van der Waals surface area contributed by atoms with Crippen LogP contribution < -0.4 is 0 Å². The molecule has 2 heterocycles. The smallest absolute Gasteiger partial charge is 0.226 e. The van der Waals surface area contributed by atoms with Crippen LogP contribution in [0.15, 0.2) is 24.5 Å². The lowest BCUT2D eigenvalue weighted by Crippen LogP contribution is -1.91. The summed E-state index contributed by atoms with van der Waals surface area (Å²) >= 11 is 1.89. The zero-order chi connectivity index (χ0) is 9.26. The Morgan fingerprint density at radius 1 is 1.38 bits per heavy atom. The zero-order valence-electron chi connectivity index (χ0n) is 6.46. The molecule has 0 saturated carbocycles. The number of halogens is 2. The van der Waals surface area contributed by atoms with Gasteiger partial charge in [0.15, 0.2) is 5.82 Å². The summed E-state index contributed by atoms with van der Waals surface area (Å²) in [5.41, 5.74) is 0.517. The van der Waals surface area contributed by atoms with Crippen molar-refractivity contribution in [1.29, 1.82) is 0 Å². The fourth-order valence-corrected chi connectivity index (χ4v) is 1.25. The first-order chi connectivity index (χ1) is 6.27. The first kappa shape index (κ1) is 8.61. The van der Waals surface area contributed by atoms with Crippen molar-refractivity contribution in [2.75, 3.05) is 0 Å². The standard InChI is InChI=1S/C8H5FIN3/c9-7-5(10)1-2-6(13-7)8-11-3-4-12-8/h1-4H,(H,11,12). The lowest BCUT2D eigenvalue weighted by molar-refractivity contribution is 0.577. The molecule has 66 valence electrons.